The summed E-state index contributed by atoms with van der Waals surface area (Å²) in [6.45, 7) is 9.09. The first-order valence-corrected chi connectivity index (χ1v) is 7.59. The van der Waals surface area contributed by atoms with Crippen molar-refractivity contribution in [3.05, 3.63) is 21.9 Å². The maximum Gasteiger partial charge on any atom is 0.0300 e. The van der Waals surface area contributed by atoms with Gasteiger partial charge in [-0.05, 0) is 43.4 Å². The Kier molecular flexibility index (Phi) is 4.60. The van der Waals surface area contributed by atoms with Crippen molar-refractivity contribution in [2.45, 2.75) is 39.7 Å². The molecular weight excluding hydrogens is 228 g/mol. The number of rotatable bonds is 6. The minimum Gasteiger partial charge on any atom is -0.316 e. The third kappa shape index (κ3) is 3.30. The summed E-state index contributed by atoms with van der Waals surface area (Å²) in [6, 6.07) is 4.52. The van der Waals surface area contributed by atoms with E-state index in [1.807, 2.05) is 11.3 Å². The zero-order valence-electron chi connectivity index (χ0n) is 11.0. The van der Waals surface area contributed by atoms with Gasteiger partial charge in [-0.1, -0.05) is 13.8 Å². The quantitative estimate of drug-likeness (QED) is 0.813. The van der Waals surface area contributed by atoms with Crippen LogP contribution < -0.4 is 10.6 Å². The Morgan fingerprint density at radius 3 is 2.76 bits per heavy atom. The summed E-state index contributed by atoms with van der Waals surface area (Å²) in [5, 5.41) is 7.13. The van der Waals surface area contributed by atoms with E-state index in [1.54, 1.807) is 0 Å². The minimum absolute atomic E-state index is 0.505. The Labute approximate surface area is 109 Å². The van der Waals surface area contributed by atoms with Crippen molar-refractivity contribution in [2.24, 2.45) is 5.41 Å². The van der Waals surface area contributed by atoms with E-state index in [4.69, 9.17) is 0 Å². The average Bonchev–Trinajstić information content (AvgIpc) is 2.98. The Morgan fingerprint density at radius 2 is 2.18 bits per heavy atom. The van der Waals surface area contributed by atoms with E-state index in [9.17, 15) is 0 Å². The topological polar surface area (TPSA) is 24.1 Å². The van der Waals surface area contributed by atoms with Crippen molar-refractivity contribution in [3.8, 4) is 0 Å². The van der Waals surface area contributed by atoms with Gasteiger partial charge in [-0.15, -0.1) is 11.3 Å². The van der Waals surface area contributed by atoms with Crippen LogP contribution in [0.3, 0.4) is 0 Å². The molecule has 17 heavy (non-hydrogen) atoms. The van der Waals surface area contributed by atoms with Crippen LogP contribution in [-0.4, -0.2) is 19.6 Å². The molecule has 3 heteroatoms. The average molecular weight is 252 g/mol. The largest absolute Gasteiger partial charge is 0.316 e. The first-order valence-electron chi connectivity index (χ1n) is 6.77. The zero-order valence-corrected chi connectivity index (χ0v) is 11.8. The fourth-order valence-corrected chi connectivity index (χ4v) is 3.46. The summed E-state index contributed by atoms with van der Waals surface area (Å²) >= 11 is 1.94. The van der Waals surface area contributed by atoms with Gasteiger partial charge in [0.05, 0.1) is 0 Å². The lowest BCUT2D eigenvalue weighted by Crippen LogP contribution is -2.35. The molecule has 0 saturated carbocycles. The monoisotopic (exact) mass is 252 g/mol. The number of hydrogen-bond donors (Lipinski definition) is 2. The summed E-state index contributed by atoms with van der Waals surface area (Å²) in [7, 11) is 0. The van der Waals surface area contributed by atoms with Crippen LogP contribution >= 0.6 is 11.3 Å². The van der Waals surface area contributed by atoms with Gasteiger partial charge in [0, 0.05) is 29.4 Å². The minimum atomic E-state index is 0.505. The van der Waals surface area contributed by atoms with Crippen LogP contribution in [0.5, 0.6) is 0 Å². The van der Waals surface area contributed by atoms with Crippen molar-refractivity contribution < 1.29 is 0 Å². The Hall–Kier alpha value is -0.380. The van der Waals surface area contributed by atoms with Crippen molar-refractivity contribution in [3.63, 3.8) is 0 Å². The SMILES string of the molecule is CCc1ccc(CNCC2(CC)CCNC2)s1. The highest BCUT2D eigenvalue weighted by Crippen LogP contribution is 2.28. The van der Waals surface area contributed by atoms with E-state index in [1.165, 1.54) is 35.7 Å². The predicted molar refractivity (Wildman–Crippen MR) is 75.6 cm³/mol. The molecule has 2 nitrogen and oxygen atoms in total. The van der Waals surface area contributed by atoms with Crippen molar-refractivity contribution in [1.82, 2.24) is 10.6 Å². The predicted octanol–water partition coefficient (Wildman–Crippen LogP) is 2.79. The van der Waals surface area contributed by atoms with Gasteiger partial charge in [0.15, 0.2) is 0 Å². The summed E-state index contributed by atoms with van der Waals surface area (Å²) in [5.74, 6) is 0. The summed E-state index contributed by atoms with van der Waals surface area (Å²) in [5.41, 5.74) is 0.505. The van der Waals surface area contributed by atoms with Crippen LogP contribution in [0.1, 0.15) is 36.4 Å². The molecule has 96 valence electrons. The van der Waals surface area contributed by atoms with Gasteiger partial charge in [0.25, 0.3) is 0 Å². The van der Waals surface area contributed by atoms with Gasteiger partial charge in [0.1, 0.15) is 0 Å². The highest BCUT2D eigenvalue weighted by molar-refractivity contribution is 7.11. The third-order valence-electron chi connectivity index (χ3n) is 3.95. The van der Waals surface area contributed by atoms with Gasteiger partial charge in [-0.3, -0.25) is 0 Å². The van der Waals surface area contributed by atoms with E-state index in [-0.39, 0.29) is 0 Å². The van der Waals surface area contributed by atoms with Crippen LogP contribution in [0.25, 0.3) is 0 Å². The fourth-order valence-electron chi connectivity index (χ4n) is 2.53. The lowest BCUT2D eigenvalue weighted by Gasteiger charge is -2.26. The molecule has 0 spiro atoms. The molecule has 2 rings (SSSR count). The maximum absolute atomic E-state index is 3.64. The Bertz CT molecular complexity index is 340. The normalized spacial score (nSPS) is 24.4. The summed E-state index contributed by atoms with van der Waals surface area (Å²) in [6.07, 6.45) is 3.76. The van der Waals surface area contributed by atoms with Crippen LogP contribution in [0.4, 0.5) is 0 Å². The highest BCUT2D eigenvalue weighted by Gasteiger charge is 2.31. The van der Waals surface area contributed by atoms with Crippen LogP contribution in [0.2, 0.25) is 0 Å². The van der Waals surface area contributed by atoms with Gasteiger partial charge in [0.2, 0.25) is 0 Å². The molecule has 2 heterocycles. The lowest BCUT2D eigenvalue weighted by molar-refractivity contribution is 0.291. The molecular formula is C14H24N2S. The third-order valence-corrected chi connectivity index (χ3v) is 5.18. The van der Waals surface area contributed by atoms with E-state index < -0.39 is 0 Å². The maximum atomic E-state index is 3.64. The fraction of sp³-hybridized carbons (Fsp3) is 0.714. The molecule has 0 radical (unpaired) electrons. The lowest BCUT2D eigenvalue weighted by atomic mass is 9.84. The second-order valence-electron chi connectivity index (χ2n) is 5.11. The van der Waals surface area contributed by atoms with Crippen LogP contribution in [-0.2, 0) is 13.0 Å². The second kappa shape index (κ2) is 5.98. The van der Waals surface area contributed by atoms with E-state index >= 15 is 0 Å². The molecule has 1 atom stereocenters. The Balaban J connectivity index is 1.78. The van der Waals surface area contributed by atoms with Gasteiger partial charge >= 0.3 is 0 Å². The molecule has 0 bridgehead atoms. The van der Waals surface area contributed by atoms with Crippen molar-refractivity contribution >= 4 is 11.3 Å². The highest BCUT2D eigenvalue weighted by atomic mass is 32.1. The number of hydrogen-bond acceptors (Lipinski definition) is 3. The smallest absolute Gasteiger partial charge is 0.0300 e. The summed E-state index contributed by atoms with van der Waals surface area (Å²) < 4.78 is 0. The second-order valence-corrected chi connectivity index (χ2v) is 6.36. The Morgan fingerprint density at radius 1 is 1.35 bits per heavy atom. The van der Waals surface area contributed by atoms with Crippen LogP contribution in [0, 0.1) is 5.41 Å². The molecule has 1 aromatic rings. The van der Waals surface area contributed by atoms with Gasteiger partial charge < -0.3 is 10.6 Å². The standard InChI is InChI=1S/C14H24N2S/c1-3-12-5-6-13(17-12)9-16-11-14(4-2)7-8-15-10-14/h5-6,15-16H,3-4,7-11H2,1-2H3. The zero-order chi connectivity index (χ0) is 12.1. The van der Waals surface area contributed by atoms with E-state index in [0.717, 1.165) is 19.5 Å². The van der Waals surface area contributed by atoms with Crippen molar-refractivity contribution in [2.75, 3.05) is 19.6 Å². The molecule has 0 aliphatic carbocycles. The number of thiophene rings is 1. The molecule has 0 amide bonds. The molecule has 1 saturated heterocycles. The number of nitrogens with one attached hydrogen (secondary N) is 2. The molecule has 0 aromatic carbocycles. The first kappa shape index (κ1) is 13.1. The molecule has 1 unspecified atom stereocenters. The first-order chi connectivity index (χ1) is 8.28. The summed E-state index contributed by atoms with van der Waals surface area (Å²) in [4.78, 5) is 2.97. The van der Waals surface area contributed by atoms with E-state index in [0.29, 0.717) is 5.41 Å². The van der Waals surface area contributed by atoms with Gasteiger partial charge in [-0.25, -0.2) is 0 Å². The molecule has 1 aromatic heterocycles. The van der Waals surface area contributed by atoms with Crippen LogP contribution in [0.15, 0.2) is 12.1 Å². The number of aryl methyl sites for hydroxylation is 1. The molecule has 2 N–H and O–H groups in total. The van der Waals surface area contributed by atoms with E-state index in [2.05, 4.69) is 36.6 Å². The van der Waals surface area contributed by atoms with Crippen molar-refractivity contribution in [1.29, 1.82) is 0 Å². The molecule has 1 aliphatic rings. The van der Waals surface area contributed by atoms with Gasteiger partial charge in [-0.2, -0.15) is 0 Å². The molecule has 1 fully saturated rings. The molecule has 1 aliphatic heterocycles.